The molecule has 188 valence electrons. The minimum absolute atomic E-state index is 0.00687. The SMILES string of the molecule is Cc1cn(CCCCc2ccc(OCc3coc(C=Cc4ccc(C(F)(F)F)cc4F)n3)cc2)nn1. The standard InChI is InChI=1S/C26H24F4N4O2/c1-18-15-34(33-32-18)13-3-2-4-19-5-10-23(11-6-19)35-16-22-17-36-25(31-22)12-8-20-7-9-21(14-24(20)27)26(28,29)30/h5-12,14-15,17H,2-4,13,16H2,1H3. The maximum atomic E-state index is 14.0. The first-order chi connectivity index (χ1) is 17.3. The molecule has 2 aromatic heterocycles. The molecule has 0 amide bonds. The summed E-state index contributed by atoms with van der Waals surface area (Å²) in [6.45, 7) is 2.93. The largest absolute Gasteiger partial charge is 0.487 e. The minimum atomic E-state index is -4.60. The lowest BCUT2D eigenvalue weighted by Crippen LogP contribution is -2.05. The molecule has 4 aromatic rings. The second kappa shape index (κ2) is 11.2. The smallest absolute Gasteiger partial charge is 0.416 e. The van der Waals surface area contributed by atoms with Crippen molar-refractivity contribution in [3.05, 3.63) is 94.7 Å². The Hall–Kier alpha value is -3.95. The molecule has 0 spiro atoms. The van der Waals surface area contributed by atoms with E-state index in [1.54, 1.807) is 0 Å². The highest BCUT2D eigenvalue weighted by Gasteiger charge is 2.30. The zero-order valence-corrected chi connectivity index (χ0v) is 19.5. The molecule has 36 heavy (non-hydrogen) atoms. The number of nitrogens with zero attached hydrogens (tertiary/aromatic N) is 4. The van der Waals surface area contributed by atoms with Gasteiger partial charge in [0.25, 0.3) is 0 Å². The van der Waals surface area contributed by atoms with Crippen LogP contribution in [0.1, 0.15) is 46.8 Å². The van der Waals surface area contributed by atoms with Gasteiger partial charge in [-0.3, -0.25) is 4.68 Å². The molecule has 10 heteroatoms. The van der Waals surface area contributed by atoms with Gasteiger partial charge in [-0.2, -0.15) is 13.2 Å². The quantitative estimate of drug-likeness (QED) is 0.184. The van der Waals surface area contributed by atoms with E-state index in [4.69, 9.17) is 9.15 Å². The Labute approximate surface area is 205 Å². The van der Waals surface area contributed by atoms with Gasteiger partial charge in [-0.25, -0.2) is 9.37 Å². The molecule has 0 aliphatic rings. The molecule has 0 saturated carbocycles. The van der Waals surface area contributed by atoms with Crippen LogP contribution in [-0.4, -0.2) is 20.0 Å². The lowest BCUT2D eigenvalue weighted by Gasteiger charge is -2.07. The first-order valence-corrected chi connectivity index (χ1v) is 11.3. The molecule has 6 nitrogen and oxygen atoms in total. The van der Waals surface area contributed by atoms with Crippen molar-refractivity contribution < 1.29 is 26.7 Å². The third-order valence-corrected chi connectivity index (χ3v) is 5.37. The summed E-state index contributed by atoms with van der Waals surface area (Å²) in [7, 11) is 0. The Morgan fingerprint density at radius 3 is 2.56 bits per heavy atom. The first kappa shape index (κ1) is 25.2. The van der Waals surface area contributed by atoms with Gasteiger partial charge in [0.05, 0.1) is 11.3 Å². The first-order valence-electron chi connectivity index (χ1n) is 11.3. The topological polar surface area (TPSA) is 66.0 Å². The Balaban J connectivity index is 1.23. The third kappa shape index (κ3) is 7.03. The second-order valence-corrected chi connectivity index (χ2v) is 8.26. The Kier molecular flexibility index (Phi) is 7.82. The lowest BCUT2D eigenvalue weighted by atomic mass is 10.1. The molecular formula is C26H24F4N4O2. The fourth-order valence-corrected chi connectivity index (χ4v) is 3.48. The molecule has 0 aliphatic heterocycles. The number of unbranched alkanes of at least 4 members (excludes halogenated alkanes) is 1. The van der Waals surface area contributed by atoms with E-state index in [1.165, 1.54) is 24.0 Å². The van der Waals surface area contributed by atoms with Crippen molar-refractivity contribution in [2.24, 2.45) is 0 Å². The van der Waals surface area contributed by atoms with Crippen molar-refractivity contribution in [1.29, 1.82) is 0 Å². The molecule has 2 heterocycles. The van der Waals surface area contributed by atoms with Crippen LogP contribution in [0, 0.1) is 12.7 Å². The van der Waals surface area contributed by atoms with E-state index in [0.29, 0.717) is 17.5 Å². The Morgan fingerprint density at radius 1 is 1.06 bits per heavy atom. The second-order valence-electron chi connectivity index (χ2n) is 8.26. The molecular weight excluding hydrogens is 476 g/mol. The number of hydrogen-bond donors (Lipinski definition) is 0. The highest BCUT2D eigenvalue weighted by Crippen LogP contribution is 2.30. The monoisotopic (exact) mass is 500 g/mol. The fraction of sp³-hybridized carbons (Fsp3) is 0.269. The zero-order valence-electron chi connectivity index (χ0n) is 19.5. The van der Waals surface area contributed by atoms with Gasteiger partial charge in [0, 0.05) is 24.4 Å². The maximum Gasteiger partial charge on any atom is 0.416 e. The molecule has 4 rings (SSSR count). The van der Waals surface area contributed by atoms with Crippen LogP contribution in [0.3, 0.4) is 0 Å². The van der Waals surface area contributed by atoms with Crippen LogP contribution in [0.25, 0.3) is 12.2 Å². The number of hydrogen-bond acceptors (Lipinski definition) is 5. The van der Waals surface area contributed by atoms with Crippen LogP contribution < -0.4 is 4.74 Å². The van der Waals surface area contributed by atoms with Crippen molar-refractivity contribution in [3.8, 4) is 5.75 Å². The Morgan fingerprint density at radius 2 is 1.86 bits per heavy atom. The van der Waals surface area contributed by atoms with E-state index in [2.05, 4.69) is 15.3 Å². The lowest BCUT2D eigenvalue weighted by molar-refractivity contribution is -0.137. The van der Waals surface area contributed by atoms with E-state index in [1.807, 2.05) is 42.1 Å². The van der Waals surface area contributed by atoms with Crippen molar-refractivity contribution in [3.63, 3.8) is 0 Å². The average Bonchev–Trinajstić information content (AvgIpc) is 3.48. The average molecular weight is 500 g/mol. The molecule has 2 aromatic carbocycles. The fourth-order valence-electron chi connectivity index (χ4n) is 3.48. The van der Waals surface area contributed by atoms with Crippen molar-refractivity contribution in [2.75, 3.05) is 0 Å². The third-order valence-electron chi connectivity index (χ3n) is 5.37. The highest BCUT2D eigenvalue weighted by atomic mass is 19.4. The summed E-state index contributed by atoms with van der Waals surface area (Å²) in [5.41, 5.74) is 1.60. The number of rotatable bonds is 10. The summed E-state index contributed by atoms with van der Waals surface area (Å²) in [6.07, 6.45) is 4.42. The van der Waals surface area contributed by atoms with Crippen LogP contribution in [0.2, 0.25) is 0 Å². The van der Waals surface area contributed by atoms with E-state index in [9.17, 15) is 17.6 Å². The van der Waals surface area contributed by atoms with E-state index < -0.39 is 17.6 Å². The number of alkyl halides is 3. The van der Waals surface area contributed by atoms with Gasteiger partial charge < -0.3 is 9.15 Å². The molecule has 0 atom stereocenters. The molecule has 0 unspecified atom stereocenters. The summed E-state index contributed by atoms with van der Waals surface area (Å²) < 4.78 is 64.8. The predicted octanol–water partition coefficient (Wildman–Crippen LogP) is 6.50. The number of benzene rings is 2. The van der Waals surface area contributed by atoms with Crippen LogP contribution in [0.4, 0.5) is 17.6 Å². The summed E-state index contributed by atoms with van der Waals surface area (Å²) in [4.78, 5) is 4.23. The number of aromatic nitrogens is 4. The number of oxazole rings is 1. The van der Waals surface area contributed by atoms with Crippen molar-refractivity contribution >= 4 is 12.2 Å². The summed E-state index contributed by atoms with van der Waals surface area (Å²) in [5.74, 6) is -0.113. The molecule has 0 bridgehead atoms. The summed E-state index contributed by atoms with van der Waals surface area (Å²) in [5, 5.41) is 8.02. The van der Waals surface area contributed by atoms with E-state index in [0.717, 1.165) is 43.6 Å². The van der Waals surface area contributed by atoms with Gasteiger partial charge in [0.15, 0.2) is 0 Å². The van der Waals surface area contributed by atoms with E-state index >= 15 is 0 Å². The molecule has 0 saturated heterocycles. The van der Waals surface area contributed by atoms with Crippen LogP contribution in [-0.2, 0) is 25.7 Å². The number of halogens is 4. The molecule has 0 aliphatic carbocycles. The minimum Gasteiger partial charge on any atom is -0.487 e. The van der Waals surface area contributed by atoms with Gasteiger partial charge in [0.2, 0.25) is 5.89 Å². The number of ether oxygens (including phenoxy) is 1. The van der Waals surface area contributed by atoms with Crippen LogP contribution >= 0.6 is 0 Å². The molecule has 0 fully saturated rings. The summed E-state index contributed by atoms with van der Waals surface area (Å²) >= 11 is 0. The van der Waals surface area contributed by atoms with Crippen molar-refractivity contribution in [1.82, 2.24) is 20.0 Å². The normalized spacial score (nSPS) is 11.9. The van der Waals surface area contributed by atoms with Gasteiger partial charge in [-0.15, -0.1) is 5.10 Å². The maximum absolute atomic E-state index is 14.0. The van der Waals surface area contributed by atoms with Crippen LogP contribution in [0.5, 0.6) is 5.75 Å². The van der Waals surface area contributed by atoms with Crippen LogP contribution in [0.15, 0.2) is 59.3 Å². The van der Waals surface area contributed by atoms with Crippen molar-refractivity contribution in [2.45, 2.75) is 45.5 Å². The van der Waals surface area contributed by atoms with Gasteiger partial charge in [-0.1, -0.05) is 23.4 Å². The zero-order chi connectivity index (χ0) is 25.5. The Bertz CT molecular complexity index is 1310. The van der Waals surface area contributed by atoms with E-state index in [-0.39, 0.29) is 18.1 Å². The highest BCUT2D eigenvalue weighted by molar-refractivity contribution is 5.66. The van der Waals surface area contributed by atoms with Gasteiger partial charge in [0.1, 0.15) is 30.1 Å². The predicted molar refractivity (Wildman–Crippen MR) is 125 cm³/mol. The van der Waals surface area contributed by atoms with Gasteiger partial charge >= 0.3 is 6.18 Å². The molecule has 0 N–H and O–H groups in total. The summed E-state index contributed by atoms with van der Waals surface area (Å²) in [6, 6.07) is 10.2. The molecule has 0 radical (unpaired) electrons. The van der Waals surface area contributed by atoms with Gasteiger partial charge in [-0.05, 0) is 62.1 Å². The number of aryl methyl sites for hydroxylation is 3.